The van der Waals surface area contributed by atoms with Crippen LogP contribution < -0.4 is 4.90 Å². The van der Waals surface area contributed by atoms with E-state index in [1.807, 2.05) is 37.5 Å². The Morgan fingerprint density at radius 3 is 2.67 bits per heavy atom. The zero-order valence-electron chi connectivity index (χ0n) is 10.6. The Kier molecular flexibility index (Phi) is 3.89. The lowest BCUT2D eigenvalue weighted by atomic mass is 10.2. The molecule has 0 bridgehead atoms. The van der Waals surface area contributed by atoms with Crippen LogP contribution in [0.15, 0.2) is 42.9 Å². The minimum atomic E-state index is -0.525. The molecule has 4 heteroatoms. The van der Waals surface area contributed by atoms with E-state index in [1.165, 1.54) is 0 Å². The molecule has 0 saturated heterocycles. The second-order valence-electron chi connectivity index (χ2n) is 4.33. The summed E-state index contributed by atoms with van der Waals surface area (Å²) in [7, 11) is 2.01. The predicted octanol–water partition coefficient (Wildman–Crippen LogP) is 2.17. The highest BCUT2D eigenvalue weighted by molar-refractivity contribution is 5.44. The number of aliphatic hydroxyl groups excluding tert-OH is 1. The summed E-state index contributed by atoms with van der Waals surface area (Å²) in [6.45, 7) is 2.49. The lowest BCUT2D eigenvalue weighted by Crippen LogP contribution is -2.16. The SMILES string of the molecule is CC(O)c1ccc(N(C)Cc2cccnc2)cn1. The number of rotatable bonds is 4. The zero-order valence-corrected chi connectivity index (χ0v) is 10.6. The van der Waals surface area contributed by atoms with E-state index in [-0.39, 0.29) is 0 Å². The van der Waals surface area contributed by atoms with Gasteiger partial charge in [-0.2, -0.15) is 0 Å². The fraction of sp³-hybridized carbons (Fsp3) is 0.286. The molecule has 2 aromatic rings. The molecule has 0 aliphatic carbocycles. The number of nitrogens with zero attached hydrogens (tertiary/aromatic N) is 3. The Morgan fingerprint density at radius 2 is 2.11 bits per heavy atom. The van der Waals surface area contributed by atoms with Crippen molar-refractivity contribution in [2.45, 2.75) is 19.6 Å². The average molecular weight is 243 g/mol. The molecule has 2 aromatic heterocycles. The molecular formula is C14H17N3O. The normalized spacial score (nSPS) is 12.2. The van der Waals surface area contributed by atoms with Crippen molar-refractivity contribution in [3.8, 4) is 0 Å². The van der Waals surface area contributed by atoms with E-state index >= 15 is 0 Å². The fourth-order valence-electron chi connectivity index (χ4n) is 1.73. The van der Waals surface area contributed by atoms with Crippen LogP contribution in [0, 0.1) is 0 Å². The third-order valence-corrected chi connectivity index (χ3v) is 2.78. The van der Waals surface area contributed by atoms with E-state index in [0.29, 0.717) is 5.69 Å². The maximum Gasteiger partial charge on any atom is 0.0931 e. The maximum atomic E-state index is 9.40. The van der Waals surface area contributed by atoms with Crippen LogP contribution in [-0.4, -0.2) is 22.1 Å². The van der Waals surface area contributed by atoms with Crippen molar-refractivity contribution in [3.05, 3.63) is 54.1 Å². The van der Waals surface area contributed by atoms with E-state index < -0.39 is 6.10 Å². The molecule has 0 aliphatic rings. The number of aromatic nitrogens is 2. The Hall–Kier alpha value is -1.94. The van der Waals surface area contributed by atoms with Crippen LogP contribution in [0.1, 0.15) is 24.3 Å². The summed E-state index contributed by atoms with van der Waals surface area (Å²) in [5.74, 6) is 0. The molecule has 0 aromatic carbocycles. The molecular weight excluding hydrogens is 226 g/mol. The van der Waals surface area contributed by atoms with Crippen LogP contribution >= 0.6 is 0 Å². The van der Waals surface area contributed by atoms with Gasteiger partial charge in [-0.15, -0.1) is 0 Å². The first-order valence-corrected chi connectivity index (χ1v) is 5.91. The van der Waals surface area contributed by atoms with Gasteiger partial charge in [0.25, 0.3) is 0 Å². The second kappa shape index (κ2) is 5.60. The van der Waals surface area contributed by atoms with Crippen molar-refractivity contribution in [2.75, 3.05) is 11.9 Å². The van der Waals surface area contributed by atoms with Crippen molar-refractivity contribution in [1.82, 2.24) is 9.97 Å². The summed E-state index contributed by atoms with van der Waals surface area (Å²) >= 11 is 0. The maximum absolute atomic E-state index is 9.40. The minimum Gasteiger partial charge on any atom is -0.387 e. The summed E-state index contributed by atoms with van der Waals surface area (Å²) in [6.07, 6.45) is 4.87. The van der Waals surface area contributed by atoms with Crippen molar-refractivity contribution >= 4 is 5.69 Å². The van der Waals surface area contributed by atoms with Gasteiger partial charge in [-0.05, 0) is 30.7 Å². The molecule has 0 saturated carbocycles. The van der Waals surface area contributed by atoms with Gasteiger partial charge in [0.1, 0.15) is 0 Å². The fourth-order valence-corrected chi connectivity index (χ4v) is 1.73. The summed E-state index contributed by atoms with van der Waals surface area (Å²) in [4.78, 5) is 10.4. The van der Waals surface area contributed by atoms with Crippen LogP contribution in [-0.2, 0) is 6.54 Å². The van der Waals surface area contributed by atoms with E-state index in [9.17, 15) is 5.11 Å². The highest BCUT2D eigenvalue weighted by Gasteiger charge is 2.05. The van der Waals surface area contributed by atoms with E-state index in [2.05, 4.69) is 14.9 Å². The van der Waals surface area contributed by atoms with Gasteiger partial charge in [-0.25, -0.2) is 0 Å². The molecule has 2 heterocycles. The Balaban J connectivity index is 2.07. The topological polar surface area (TPSA) is 49.2 Å². The highest BCUT2D eigenvalue weighted by atomic mass is 16.3. The van der Waals surface area contributed by atoms with Gasteiger partial charge < -0.3 is 10.0 Å². The number of hydrogen-bond donors (Lipinski definition) is 1. The van der Waals surface area contributed by atoms with E-state index in [0.717, 1.165) is 17.8 Å². The Labute approximate surface area is 107 Å². The van der Waals surface area contributed by atoms with Gasteiger partial charge in [-0.1, -0.05) is 6.07 Å². The molecule has 18 heavy (non-hydrogen) atoms. The largest absolute Gasteiger partial charge is 0.387 e. The van der Waals surface area contributed by atoms with Crippen LogP contribution in [0.3, 0.4) is 0 Å². The average Bonchev–Trinajstić information content (AvgIpc) is 2.40. The number of aliphatic hydroxyl groups is 1. The molecule has 1 unspecified atom stereocenters. The monoisotopic (exact) mass is 243 g/mol. The molecule has 4 nitrogen and oxygen atoms in total. The quantitative estimate of drug-likeness (QED) is 0.894. The molecule has 0 aliphatic heterocycles. The van der Waals surface area contributed by atoms with Crippen LogP contribution in [0.4, 0.5) is 5.69 Å². The Bertz CT molecular complexity index is 482. The lowest BCUT2D eigenvalue weighted by molar-refractivity contribution is 0.194. The minimum absolute atomic E-state index is 0.525. The molecule has 0 spiro atoms. The standard InChI is InChI=1S/C14H17N3O/c1-11(18)14-6-5-13(9-16-14)17(2)10-12-4-3-7-15-8-12/h3-9,11,18H,10H2,1-2H3. The second-order valence-corrected chi connectivity index (χ2v) is 4.33. The molecule has 0 amide bonds. The third kappa shape index (κ3) is 3.05. The zero-order chi connectivity index (χ0) is 13.0. The summed E-state index contributed by atoms with van der Waals surface area (Å²) in [5, 5.41) is 9.40. The van der Waals surface area contributed by atoms with E-state index in [4.69, 9.17) is 0 Å². The van der Waals surface area contributed by atoms with Crippen molar-refractivity contribution < 1.29 is 5.11 Å². The van der Waals surface area contributed by atoms with Crippen molar-refractivity contribution in [1.29, 1.82) is 0 Å². The number of anilines is 1. The molecule has 0 fully saturated rings. The number of pyridine rings is 2. The van der Waals surface area contributed by atoms with Gasteiger partial charge in [0.05, 0.1) is 23.7 Å². The van der Waals surface area contributed by atoms with Crippen LogP contribution in [0.25, 0.3) is 0 Å². The third-order valence-electron chi connectivity index (χ3n) is 2.78. The summed E-state index contributed by atoms with van der Waals surface area (Å²) < 4.78 is 0. The first kappa shape index (κ1) is 12.5. The van der Waals surface area contributed by atoms with Crippen molar-refractivity contribution in [3.63, 3.8) is 0 Å². The van der Waals surface area contributed by atoms with Crippen molar-refractivity contribution in [2.24, 2.45) is 0 Å². The van der Waals surface area contributed by atoms with Gasteiger partial charge in [-0.3, -0.25) is 9.97 Å². The highest BCUT2D eigenvalue weighted by Crippen LogP contribution is 2.16. The molecule has 2 rings (SSSR count). The smallest absolute Gasteiger partial charge is 0.0931 e. The Morgan fingerprint density at radius 1 is 1.28 bits per heavy atom. The van der Waals surface area contributed by atoms with Gasteiger partial charge in [0.2, 0.25) is 0 Å². The number of hydrogen-bond acceptors (Lipinski definition) is 4. The van der Waals surface area contributed by atoms with Gasteiger partial charge in [0, 0.05) is 26.0 Å². The molecule has 0 radical (unpaired) electrons. The summed E-state index contributed by atoms with van der Waals surface area (Å²) in [5.41, 5.74) is 2.86. The first-order chi connectivity index (χ1) is 8.66. The van der Waals surface area contributed by atoms with E-state index in [1.54, 1.807) is 19.3 Å². The predicted molar refractivity (Wildman–Crippen MR) is 71.2 cm³/mol. The summed E-state index contributed by atoms with van der Waals surface area (Å²) in [6, 6.07) is 7.78. The van der Waals surface area contributed by atoms with Crippen LogP contribution in [0.5, 0.6) is 0 Å². The molecule has 1 atom stereocenters. The lowest BCUT2D eigenvalue weighted by Gasteiger charge is -2.19. The molecule has 94 valence electrons. The molecule has 1 N–H and O–H groups in total. The van der Waals surface area contributed by atoms with Gasteiger partial charge >= 0.3 is 0 Å². The van der Waals surface area contributed by atoms with Crippen LogP contribution in [0.2, 0.25) is 0 Å². The van der Waals surface area contributed by atoms with Gasteiger partial charge in [0.15, 0.2) is 0 Å². The first-order valence-electron chi connectivity index (χ1n) is 5.91.